The predicted molar refractivity (Wildman–Crippen MR) is 106 cm³/mol. The van der Waals surface area contributed by atoms with Crippen molar-refractivity contribution in [1.82, 2.24) is 10.2 Å². The Bertz CT molecular complexity index is 840. The highest BCUT2D eigenvalue weighted by molar-refractivity contribution is 8.00. The van der Waals surface area contributed by atoms with Crippen LogP contribution in [0.2, 0.25) is 10.0 Å². The van der Waals surface area contributed by atoms with E-state index in [-0.39, 0.29) is 30.1 Å². The number of benzene rings is 1. The molecule has 0 saturated carbocycles. The second-order valence-electron chi connectivity index (χ2n) is 6.26. The van der Waals surface area contributed by atoms with Crippen molar-refractivity contribution in [3.8, 4) is 0 Å². The minimum absolute atomic E-state index is 0.0533. The number of nitrogens with one attached hydrogen (secondary N) is 1. The van der Waals surface area contributed by atoms with Crippen molar-refractivity contribution in [1.29, 1.82) is 0 Å². The highest BCUT2D eigenvalue weighted by Crippen LogP contribution is 2.41. The SMILES string of the molecule is CO[C@H]1C(=O)N2C(C(=O)NCc3cc(Cl)cc(Cl)c3)=C(COC(C)=O)CS[C@H]12. The lowest BCUT2D eigenvalue weighted by Gasteiger charge is -2.49. The lowest BCUT2D eigenvalue weighted by Crippen LogP contribution is -2.66. The van der Waals surface area contributed by atoms with Crippen LogP contribution in [-0.2, 0) is 30.4 Å². The smallest absolute Gasteiger partial charge is 0.302 e. The van der Waals surface area contributed by atoms with Crippen molar-refractivity contribution in [3.63, 3.8) is 0 Å². The number of carbonyl (C=O) groups is 3. The molecule has 0 aromatic heterocycles. The molecule has 2 aliphatic heterocycles. The molecule has 2 aliphatic rings. The fraction of sp³-hybridized carbons (Fsp3) is 0.389. The van der Waals surface area contributed by atoms with Gasteiger partial charge in [-0.15, -0.1) is 11.8 Å². The van der Waals surface area contributed by atoms with Gasteiger partial charge in [-0.25, -0.2) is 0 Å². The summed E-state index contributed by atoms with van der Waals surface area (Å²) in [5, 5.41) is 3.42. The van der Waals surface area contributed by atoms with Crippen LogP contribution in [0, 0.1) is 0 Å². The second kappa shape index (κ2) is 8.73. The van der Waals surface area contributed by atoms with Gasteiger partial charge in [0, 0.05) is 41.9 Å². The van der Waals surface area contributed by atoms with E-state index in [1.807, 2.05) is 0 Å². The van der Waals surface area contributed by atoms with Crippen molar-refractivity contribution >= 4 is 52.7 Å². The van der Waals surface area contributed by atoms with Gasteiger partial charge in [0.2, 0.25) is 0 Å². The average molecular weight is 445 g/mol. The van der Waals surface area contributed by atoms with Gasteiger partial charge in [-0.05, 0) is 23.8 Å². The monoisotopic (exact) mass is 444 g/mol. The Balaban J connectivity index is 1.81. The van der Waals surface area contributed by atoms with Gasteiger partial charge in [0.05, 0.1) is 0 Å². The average Bonchev–Trinajstić information content (AvgIpc) is 2.63. The Hall–Kier alpha value is -1.74. The highest BCUT2D eigenvalue weighted by atomic mass is 35.5. The summed E-state index contributed by atoms with van der Waals surface area (Å²) in [5.41, 5.74) is 1.50. The van der Waals surface area contributed by atoms with E-state index in [9.17, 15) is 14.4 Å². The molecule has 0 aliphatic carbocycles. The molecule has 2 amide bonds. The molecule has 1 saturated heterocycles. The van der Waals surface area contributed by atoms with Crippen LogP contribution in [-0.4, -0.2) is 53.6 Å². The van der Waals surface area contributed by atoms with Crippen LogP contribution < -0.4 is 5.32 Å². The minimum atomic E-state index is -0.588. The molecular weight excluding hydrogens is 427 g/mol. The number of fused-ring (bicyclic) bond motifs is 1. The van der Waals surface area contributed by atoms with Crippen LogP contribution in [0.25, 0.3) is 0 Å². The summed E-state index contributed by atoms with van der Waals surface area (Å²) >= 11 is 13.4. The van der Waals surface area contributed by atoms with E-state index in [1.54, 1.807) is 18.2 Å². The number of hydrogen-bond acceptors (Lipinski definition) is 6. The summed E-state index contributed by atoms with van der Waals surface area (Å²) in [6.45, 7) is 1.41. The maximum Gasteiger partial charge on any atom is 0.302 e. The number of rotatable bonds is 6. The Kier molecular flexibility index (Phi) is 6.54. The van der Waals surface area contributed by atoms with E-state index in [2.05, 4.69) is 5.32 Å². The molecule has 1 aromatic rings. The van der Waals surface area contributed by atoms with Crippen LogP contribution in [0.5, 0.6) is 0 Å². The van der Waals surface area contributed by atoms with Gasteiger partial charge in [0.1, 0.15) is 17.7 Å². The molecule has 0 unspecified atom stereocenters. The van der Waals surface area contributed by atoms with Crippen molar-refractivity contribution in [2.24, 2.45) is 0 Å². The van der Waals surface area contributed by atoms with E-state index in [1.165, 1.54) is 30.7 Å². The molecule has 0 spiro atoms. The quantitative estimate of drug-likeness (QED) is 0.535. The third-order valence-corrected chi connectivity index (χ3v) is 6.04. The largest absolute Gasteiger partial charge is 0.461 e. The number of thioether (sulfide) groups is 1. The predicted octanol–water partition coefficient (Wildman–Crippen LogP) is 2.36. The molecule has 10 heteroatoms. The number of methoxy groups -OCH3 is 1. The minimum Gasteiger partial charge on any atom is -0.461 e. The van der Waals surface area contributed by atoms with E-state index in [0.717, 1.165) is 5.56 Å². The van der Waals surface area contributed by atoms with Gasteiger partial charge in [0.25, 0.3) is 11.8 Å². The maximum atomic E-state index is 12.9. The van der Waals surface area contributed by atoms with Crippen molar-refractivity contribution in [2.75, 3.05) is 19.5 Å². The number of ether oxygens (including phenoxy) is 2. The van der Waals surface area contributed by atoms with Gasteiger partial charge in [-0.3, -0.25) is 19.3 Å². The zero-order valence-electron chi connectivity index (χ0n) is 15.2. The second-order valence-corrected chi connectivity index (χ2v) is 8.24. The summed E-state index contributed by atoms with van der Waals surface area (Å²) in [5.74, 6) is -0.743. The number of esters is 1. The first kappa shape index (κ1) is 21.0. The molecule has 0 bridgehead atoms. The molecule has 0 radical (unpaired) electrons. The maximum absolute atomic E-state index is 12.9. The number of halogens is 2. The molecule has 2 heterocycles. The molecule has 2 atom stereocenters. The van der Waals surface area contributed by atoms with Gasteiger partial charge < -0.3 is 14.8 Å². The first-order valence-electron chi connectivity index (χ1n) is 8.38. The summed E-state index contributed by atoms with van der Waals surface area (Å²) in [7, 11) is 1.46. The molecule has 3 rings (SSSR count). The summed E-state index contributed by atoms with van der Waals surface area (Å²) < 4.78 is 10.3. The van der Waals surface area contributed by atoms with Gasteiger partial charge in [-0.1, -0.05) is 23.2 Å². The van der Waals surface area contributed by atoms with Crippen LogP contribution in [0.15, 0.2) is 29.5 Å². The van der Waals surface area contributed by atoms with Crippen molar-refractivity contribution in [2.45, 2.75) is 24.9 Å². The Labute approximate surface area is 176 Å². The van der Waals surface area contributed by atoms with Crippen LogP contribution in [0.4, 0.5) is 0 Å². The molecular formula is C18H18Cl2N2O5S. The molecule has 7 nitrogen and oxygen atoms in total. The number of amides is 2. The normalized spacial score (nSPS) is 21.1. The Morgan fingerprint density at radius 1 is 1.29 bits per heavy atom. The van der Waals surface area contributed by atoms with Gasteiger partial charge >= 0.3 is 5.97 Å². The lowest BCUT2D eigenvalue weighted by molar-refractivity contribution is -0.160. The first-order chi connectivity index (χ1) is 13.3. The molecule has 1 N–H and O–H groups in total. The summed E-state index contributed by atoms with van der Waals surface area (Å²) in [4.78, 5) is 37.9. The first-order valence-corrected chi connectivity index (χ1v) is 10.2. The number of β-lactam (4-membered cyclic amide) rings is 1. The zero-order valence-corrected chi connectivity index (χ0v) is 17.5. The number of carbonyl (C=O) groups excluding carboxylic acids is 3. The van der Waals surface area contributed by atoms with E-state index in [4.69, 9.17) is 32.7 Å². The summed E-state index contributed by atoms with van der Waals surface area (Å²) in [6.07, 6.45) is -0.588. The van der Waals surface area contributed by atoms with E-state index < -0.39 is 18.0 Å². The van der Waals surface area contributed by atoms with Gasteiger partial charge in [0.15, 0.2) is 6.10 Å². The number of hydrogen-bond donors (Lipinski definition) is 1. The molecule has 28 heavy (non-hydrogen) atoms. The van der Waals surface area contributed by atoms with Crippen LogP contribution >= 0.6 is 35.0 Å². The summed E-state index contributed by atoms with van der Waals surface area (Å²) in [6, 6.07) is 4.98. The topological polar surface area (TPSA) is 84.9 Å². The third-order valence-electron chi connectivity index (χ3n) is 4.29. The van der Waals surface area contributed by atoms with E-state index in [0.29, 0.717) is 21.4 Å². The molecule has 1 aromatic carbocycles. The highest BCUT2D eigenvalue weighted by Gasteiger charge is 2.53. The van der Waals surface area contributed by atoms with E-state index >= 15 is 0 Å². The van der Waals surface area contributed by atoms with Crippen LogP contribution in [0.3, 0.4) is 0 Å². The number of nitrogens with zero attached hydrogens (tertiary/aromatic N) is 1. The van der Waals surface area contributed by atoms with Crippen molar-refractivity contribution in [3.05, 3.63) is 45.1 Å². The molecule has 1 fully saturated rings. The zero-order chi connectivity index (χ0) is 20.4. The van der Waals surface area contributed by atoms with Gasteiger partial charge in [-0.2, -0.15) is 0 Å². The fourth-order valence-corrected chi connectivity index (χ4v) is 4.95. The lowest BCUT2D eigenvalue weighted by atomic mass is 10.0. The fourth-order valence-electron chi connectivity index (χ4n) is 3.03. The standard InChI is InChI=1S/C18H18Cl2N2O5S/c1-9(23)27-7-11-8-28-18-15(26-2)17(25)22(18)14(11)16(24)21-6-10-3-12(19)5-13(20)4-10/h3-5,15,18H,6-8H2,1-2H3,(H,21,24)/t15-,18+/m0/s1. The Morgan fingerprint density at radius 2 is 1.96 bits per heavy atom. The third kappa shape index (κ3) is 4.30. The van der Waals surface area contributed by atoms with Crippen molar-refractivity contribution < 1.29 is 23.9 Å². The molecule has 150 valence electrons. The van der Waals surface area contributed by atoms with Crippen LogP contribution in [0.1, 0.15) is 12.5 Å². The Morgan fingerprint density at radius 3 is 2.57 bits per heavy atom.